The van der Waals surface area contributed by atoms with Crippen molar-refractivity contribution in [2.45, 2.75) is 12.7 Å². The summed E-state index contributed by atoms with van der Waals surface area (Å²) in [7, 11) is 1.95. The van der Waals surface area contributed by atoms with Crippen molar-refractivity contribution in [3.63, 3.8) is 0 Å². The number of aromatic nitrogens is 1. The lowest BCUT2D eigenvalue weighted by atomic mass is 10.1. The van der Waals surface area contributed by atoms with Crippen LogP contribution < -0.4 is 10.3 Å². The van der Waals surface area contributed by atoms with E-state index in [4.69, 9.17) is 0 Å². The molecular weight excluding hydrogens is 443 g/mol. The van der Waals surface area contributed by atoms with Gasteiger partial charge in [-0.3, -0.25) is 4.79 Å². The first-order valence-electron chi connectivity index (χ1n) is 10.1. The molecule has 0 atom stereocenters. The second-order valence-corrected chi connectivity index (χ2v) is 8.03. The minimum absolute atomic E-state index is 0.0586. The Labute approximate surface area is 185 Å². The Hall–Kier alpha value is -3.45. The Morgan fingerprint density at radius 1 is 1.03 bits per heavy atom. The van der Waals surface area contributed by atoms with Crippen molar-refractivity contribution in [1.82, 2.24) is 9.47 Å². The molecule has 0 N–H and O–H groups in total. The van der Waals surface area contributed by atoms with Crippen LogP contribution in [0.5, 0.6) is 0 Å². The van der Waals surface area contributed by atoms with Crippen LogP contribution in [0, 0.1) is 23.0 Å². The van der Waals surface area contributed by atoms with E-state index >= 15 is 0 Å². The third-order valence-electron chi connectivity index (χ3n) is 5.83. The number of alkyl halides is 3. The van der Waals surface area contributed by atoms with Gasteiger partial charge in [0.1, 0.15) is 23.3 Å². The second-order valence-electron chi connectivity index (χ2n) is 8.03. The molecule has 10 heteroatoms. The molecule has 0 amide bonds. The van der Waals surface area contributed by atoms with Crippen LogP contribution >= 0.6 is 0 Å². The van der Waals surface area contributed by atoms with E-state index in [2.05, 4.69) is 4.90 Å². The smallest absolute Gasteiger partial charge is 0.367 e. The molecule has 3 aromatic rings. The molecule has 1 aliphatic heterocycles. The summed E-state index contributed by atoms with van der Waals surface area (Å²) in [6.07, 6.45) is -3.47. The van der Waals surface area contributed by atoms with Gasteiger partial charge in [0.25, 0.3) is 0 Å². The van der Waals surface area contributed by atoms with Gasteiger partial charge in [-0.25, -0.2) is 8.78 Å². The van der Waals surface area contributed by atoms with Gasteiger partial charge in [-0.05, 0) is 31.3 Å². The largest absolute Gasteiger partial charge is 0.416 e. The van der Waals surface area contributed by atoms with Gasteiger partial charge >= 0.3 is 6.18 Å². The Morgan fingerprint density at radius 3 is 2.33 bits per heavy atom. The van der Waals surface area contributed by atoms with Crippen LogP contribution in [-0.2, 0) is 12.7 Å². The molecule has 0 radical (unpaired) electrons. The number of nitrogens with zero attached hydrogens (tertiary/aromatic N) is 4. The minimum Gasteiger partial charge on any atom is -0.367 e. The standard InChI is InChI=1S/C23H19F5N4O/c1-30-4-6-31(7-5-30)21-10-20-17(9-19(21)25)22(33)15(11-29)13-32(20)12-14-2-3-16(8-18(14)24)23(26,27)28/h2-3,8-10,13H,4-7,12H2,1H3. The van der Waals surface area contributed by atoms with Crippen LogP contribution in [-0.4, -0.2) is 42.7 Å². The van der Waals surface area contributed by atoms with Crippen molar-refractivity contribution in [2.75, 3.05) is 38.1 Å². The van der Waals surface area contributed by atoms with Gasteiger partial charge in [0.2, 0.25) is 5.43 Å². The number of halogens is 5. The van der Waals surface area contributed by atoms with E-state index in [0.29, 0.717) is 32.2 Å². The molecule has 1 aromatic heterocycles. The summed E-state index contributed by atoms with van der Waals surface area (Å²) in [5, 5.41) is 9.27. The van der Waals surface area contributed by atoms with Gasteiger partial charge in [-0.1, -0.05) is 6.07 Å². The molecule has 0 spiro atoms. The summed E-state index contributed by atoms with van der Waals surface area (Å²) < 4.78 is 69.4. The summed E-state index contributed by atoms with van der Waals surface area (Å²) in [5.41, 5.74) is -1.61. The first-order chi connectivity index (χ1) is 15.6. The van der Waals surface area contributed by atoms with Crippen molar-refractivity contribution in [3.05, 3.63) is 75.1 Å². The van der Waals surface area contributed by atoms with E-state index in [1.165, 1.54) is 16.8 Å². The molecule has 172 valence electrons. The van der Waals surface area contributed by atoms with Gasteiger partial charge in [0.05, 0.1) is 28.7 Å². The van der Waals surface area contributed by atoms with Crippen molar-refractivity contribution in [3.8, 4) is 6.07 Å². The van der Waals surface area contributed by atoms with E-state index in [0.717, 1.165) is 18.2 Å². The van der Waals surface area contributed by atoms with Gasteiger partial charge in [0.15, 0.2) is 0 Å². The first kappa shape index (κ1) is 22.7. The highest BCUT2D eigenvalue weighted by atomic mass is 19.4. The number of nitriles is 1. The Bertz CT molecular complexity index is 1320. The zero-order valence-corrected chi connectivity index (χ0v) is 17.6. The average Bonchev–Trinajstić information content (AvgIpc) is 2.76. The summed E-state index contributed by atoms with van der Waals surface area (Å²) in [4.78, 5) is 16.6. The minimum atomic E-state index is -4.69. The Kier molecular flexibility index (Phi) is 5.84. The molecule has 0 aliphatic carbocycles. The van der Waals surface area contributed by atoms with Crippen molar-refractivity contribution >= 4 is 16.6 Å². The maximum atomic E-state index is 14.9. The van der Waals surface area contributed by atoms with Gasteiger partial charge in [0, 0.05) is 37.9 Å². The number of anilines is 1. The van der Waals surface area contributed by atoms with Crippen molar-refractivity contribution in [2.24, 2.45) is 0 Å². The number of likely N-dealkylation sites (N-methyl/N-ethyl adjacent to an activating group) is 1. The first-order valence-corrected chi connectivity index (χ1v) is 10.1. The third kappa shape index (κ3) is 4.41. The predicted octanol–water partition coefficient (Wildman–Crippen LogP) is 3.97. The van der Waals surface area contributed by atoms with Gasteiger partial charge in [-0.2, -0.15) is 18.4 Å². The lowest BCUT2D eigenvalue weighted by molar-refractivity contribution is -0.137. The quantitative estimate of drug-likeness (QED) is 0.553. The lowest BCUT2D eigenvalue weighted by Gasteiger charge is -2.34. The van der Waals surface area contributed by atoms with Crippen LogP contribution in [0.15, 0.2) is 41.3 Å². The average molecular weight is 462 g/mol. The van der Waals surface area contributed by atoms with Gasteiger partial charge < -0.3 is 14.4 Å². The van der Waals surface area contributed by atoms with Gasteiger partial charge in [-0.15, -0.1) is 0 Å². The van der Waals surface area contributed by atoms with Crippen LogP contribution in [0.2, 0.25) is 0 Å². The van der Waals surface area contributed by atoms with Crippen LogP contribution in [0.1, 0.15) is 16.7 Å². The molecule has 4 rings (SSSR count). The number of hydrogen-bond acceptors (Lipinski definition) is 4. The maximum absolute atomic E-state index is 14.9. The Balaban J connectivity index is 1.83. The highest BCUT2D eigenvalue weighted by molar-refractivity contribution is 5.84. The molecule has 1 saturated heterocycles. The van der Waals surface area contributed by atoms with Crippen LogP contribution in [0.25, 0.3) is 10.9 Å². The Morgan fingerprint density at radius 2 is 1.73 bits per heavy atom. The molecule has 0 bridgehead atoms. The fourth-order valence-corrected chi connectivity index (χ4v) is 3.93. The monoisotopic (exact) mass is 462 g/mol. The fourth-order valence-electron chi connectivity index (χ4n) is 3.93. The number of fused-ring (bicyclic) bond motifs is 1. The molecule has 2 aromatic carbocycles. The van der Waals surface area contributed by atoms with E-state index in [1.54, 1.807) is 6.07 Å². The molecule has 33 heavy (non-hydrogen) atoms. The molecule has 1 fully saturated rings. The van der Waals surface area contributed by atoms with E-state index in [9.17, 15) is 32.0 Å². The molecule has 5 nitrogen and oxygen atoms in total. The van der Waals surface area contributed by atoms with Crippen LogP contribution in [0.4, 0.5) is 27.6 Å². The number of rotatable bonds is 3. The zero-order chi connectivity index (χ0) is 23.9. The lowest BCUT2D eigenvalue weighted by Crippen LogP contribution is -2.44. The van der Waals surface area contributed by atoms with E-state index in [1.807, 2.05) is 11.9 Å². The summed E-state index contributed by atoms with van der Waals surface area (Å²) in [5.74, 6) is -1.69. The van der Waals surface area contributed by atoms with E-state index in [-0.39, 0.29) is 34.3 Å². The fraction of sp³-hybridized carbons (Fsp3) is 0.304. The van der Waals surface area contributed by atoms with Crippen molar-refractivity contribution in [1.29, 1.82) is 5.26 Å². The number of hydrogen-bond donors (Lipinski definition) is 0. The molecule has 0 unspecified atom stereocenters. The third-order valence-corrected chi connectivity index (χ3v) is 5.83. The molecule has 1 aliphatic rings. The second kappa shape index (κ2) is 8.48. The zero-order valence-electron chi connectivity index (χ0n) is 17.6. The van der Waals surface area contributed by atoms with E-state index < -0.39 is 28.8 Å². The number of pyridine rings is 1. The normalized spacial score (nSPS) is 15.1. The maximum Gasteiger partial charge on any atom is 0.416 e. The number of piperazine rings is 1. The predicted molar refractivity (Wildman–Crippen MR) is 113 cm³/mol. The topological polar surface area (TPSA) is 52.3 Å². The summed E-state index contributed by atoms with van der Waals surface area (Å²) >= 11 is 0. The highest BCUT2D eigenvalue weighted by Gasteiger charge is 2.31. The summed E-state index contributed by atoms with van der Waals surface area (Å²) in [6, 6.07) is 6.46. The molecular formula is C23H19F5N4O. The summed E-state index contributed by atoms with van der Waals surface area (Å²) in [6.45, 7) is 2.31. The molecule has 2 heterocycles. The van der Waals surface area contributed by atoms with Crippen LogP contribution in [0.3, 0.4) is 0 Å². The molecule has 0 saturated carbocycles. The SMILES string of the molecule is CN1CCN(c2cc3c(cc2F)c(=O)c(C#N)cn3Cc2ccc(C(F)(F)F)cc2F)CC1. The highest BCUT2D eigenvalue weighted by Crippen LogP contribution is 2.31. The number of benzene rings is 2. The van der Waals surface area contributed by atoms with Crippen molar-refractivity contribution < 1.29 is 22.0 Å².